The van der Waals surface area contributed by atoms with E-state index in [1.807, 2.05) is 0 Å². The van der Waals surface area contributed by atoms with Crippen LogP contribution in [0.3, 0.4) is 0 Å². The first-order valence-corrected chi connectivity index (χ1v) is 16.1. The Labute approximate surface area is 293 Å². The SMILES string of the molecule is C[C@@H](OC(=O)c1ccccc1)[C@H]1O[C@@H](Oc2ccccn2)[C@H](OC(=O)c2ccccc2)[C@@H](OC(=O)c2ccccc2)[C@@H]1OC(=O)c1ccccc1. The predicted molar refractivity (Wildman–Crippen MR) is 182 cm³/mol. The molecule has 6 rings (SSSR count). The lowest BCUT2D eigenvalue weighted by atomic mass is 9.94. The molecule has 0 unspecified atom stereocenters. The highest BCUT2D eigenvalue weighted by Crippen LogP contribution is 2.34. The van der Waals surface area contributed by atoms with Gasteiger partial charge in [-0.2, -0.15) is 0 Å². The van der Waals surface area contributed by atoms with Gasteiger partial charge in [0.1, 0.15) is 12.2 Å². The van der Waals surface area contributed by atoms with Crippen molar-refractivity contribution in [2.24, 2.45) is 0 Å². The van der Waals surface area contributed by atoms with E-state index in [2.05, 4.69) is 4.98 Å². The molecule has 4 aromatic carbocycles. The van der Waals surface area contributed by atoms with Crippen LogP contribution in [-0.4, -0.2) is 65.7 Å². The summed E-state index contributed by atoms with van der Waals surface area (Å²) in [5, 5.41) is 0. The van der Waals surface area contributed by atoms with Gasteiger partial charge < -0.3 is 28.4 Å². The smallest absolute Gasteiger partial charge is 0.338 e. The van der Waals surface area contributed by atoms with Gasteiger partial charge in [0.2, 0.25) is 18.3 Å². The molecule has 0 aliphatic carbocycles. The number of ether oxygens (including phenoxy) is 6. The van der Waals surface area contributed by atoms with E-state index in [9.17, 15) is 19.2 Å². The maximum absolute atomic E-state index is 13.7. The highest BCUT2D eigenvalue weighted by molar-refractivity contribution is 5.91. The lowest BCUT2D eigenvalue weighted by molar-refractivity contribution is -0.284. The second kappa shape index (κ2) is 16.4. The van der Waals surface area contributed by atoms with Gasteiger partial charge in [0, 0.05) is 12.3 Å². The topological polar surface area (TPSA) is 137 Å². The molecule has 0 N–H and O–H groups in total. The van der Waals surface area contributed by atoms with Crippen molar-refractivity contribution in [1.82, 2.24) is 4.98 Å². The van der Waals surface area contributed by atoms with Crippen molar-refractivity contribution >= 4 is 23.9 Å². The third-order valence-electron chi connectivity index (χ3n) is 7.93. The predicted octanol–water partition coefficient (Wildman–Crippen LogP) is 6.11. The van der Waals surface area contributed by atoms with Crippen LogP contribution in [0, 0.1) is 0 Å². The zero-order valence-corrected chi connectivity index (χ0v) is 27.4. The summed E-state index contributed by atoms with van der Waals surface area (Å²) in [7, 11) is 0. The van der Waals surface area contributed by atoms with Crippen LogP contribution in [0.1, 0.15) is 48.4 Å². The summed E-state index contributed by atoms with van der Waals surface area (Å²) in [5.74, 6) is -3.00. The zero-order chi connectivity index (χ0) is 35.6. The number of esters is 4. The first kappa shape index (κ1) is 34.5. The summed E-state index contributed by atoms with van der Waals surface area (Å²) in [4.78, 5) is 58.5. The number of benzene rings is 4. The maximum Gasteiger partial charge on any atom is 0.338 e. The Bertz CT molecular complexity index is 1910. The molecule has 0 amide bonds. The number of hydrogen-bond donors (Lipinski definition) is 0. The summed E-state index contributed by atoms with van der Waals surface area (Å²) in [6, 6.07) is 37.6. The number of rotatable bonds is 11. The normalized spacial score (nSPS) is 20.2. The van der Waals surface area contributed by atoms with Crippen LogP contribution < -0.4 is 4.74 Å². The van der Waals surface area contributed by atoms with Gasteiger partial charge in [0.05, 0.1) is 22.3 Å². The van der Waals surface area contributed by atoms with Crippen LogP contribution in [0.4, 0.5) is 0 Å². The monoisotopic (exact) mass is 687 g/mol. The van der Waals surface area contributed by atoms with E-state index >= 15 is 0 Å². The zero-order valence-electron chi connectivity index (χ0n) is 27.4. The molecule has 1 fully saturated rings. The quantitative estimate of drug-likeness (QED) is 0.118. The van der Waals surface area contributed by atoms with Gasteiger partial charge in [-0.05, 0) is 61.5 Å². The fourth-order valence-corrected chi connectivity index (χ4v) is 5.41. The molecule has 258 valence electrons. The molecular weight excluding hydrogens is 654 g/mol. The molecule has 1 aliphatic heterocycles. The van der Waals surface area contributed by atoms with Crippen molar-refractivity contribution in [2.45, 2.75) is 43.7 Å². The Morgan fingerprint density at radius 1 is 0.529 bits per heavy atom. The third-order valence-corrected chi connectivity index (χ3v) is 7.93. The Kier molecular flexibility index (Phi) is 11.1. The van der Waals surface area contributed by atoms with Crippen molar-refractivity contribution in [3.63, 3.8) is 0 Å². The van der Waals surface area contributed by atoms with Crippen molar-refractivity contribution in [3.8, 4) is 5.88 Å². The lowest BCUT2D eigenvalue weighted by Gasteiger charge is -2.45. The average molecular weight is 688 g/mol. The van der Waals surface area contributed by atoms with Gasteiger partial charge in [0.15, 0.2) is 12.2 Å². The molecule has 2 heterocycles. The molecule has 1 aromatic heterocycles. The molecule has 5 aromatic rings. The van der Waals surface area contributed by atoms with Crippen LogP contribution in [0.2, 0.25) is 0 Å². The van der Waals surface area contributed by atoms with Crippen molar-refractivity contribution < 1.29 is 47.6 Å². The van der Waals surface area contributed by atoms with E-state index in [-0.39, 0.29) is 28.1 Å². The van der Waals surface area contributed by atoms with Crippen LogP contribution in [0.25, 0.3) is 0 Å². The van der Waals surface area contributed by atoms with Gasteiger partial charge in [-0.25, -0.2) is 24.2 Å². The summed E-state index contributed by atoms with van der Waals surface area (Å²) < 4.78 is 36.6. The van der Waals surface area contributed by atoms with Crippen LogP contribution >= 0.6 is 0 Å². The van der Waals surface area contributed by atoms with E-state index in [1.165, 1.54) is 6.20 Å². The van der Waals surface area contributed by atoms with Gasteiger partial charge >= 0.3 is 23.9 Å². The molecule has 1 saturated heterocycles. The number of hydrogen-bond acceptors (Lipinski definition) is 11. The van der Waals surface area contributed by atoms with Crippen LogP contribution in [0.15, 0.2) is 146 Å². The standard InChI is InChI=1S/C40H33NO10/c1-26(46-36(42)27-16-6-2-7-17-27)32-33(48-37(43)28-18-8-3-9-19-28)34(49-38(44)29-20-10-4-11-21-29)35(50-39(45)30-22-12-5-13-23-30)40(51-32)47-31-24-14-15-25-41-31/h2-26,32-35,40H,1H3/t26-,32-,33-,34+,35-,40-/m1/s1. The Morgan fingerprint density at radius 3 is 1.39 bits per heavy atom. The second-order valence-electron chi connectivity index (χ2n) is 11.4. The lowest BCUT2D eigenvalue weighted by Crippen LogP contribution is -2.65. The molecule has 11 heteroatoms. The van der Waals surface area contributed by atoms with Crippen LogP contribution in [-0.2, 0) is 23.7 Å². The van der Waals surface area contributed by atoms with Gasteiger partial charge in [-0.3, -0.25) is 0 Å². The summed E-state index contributed by atoms with van der Waals surface area (Å²) in [6.45, 7) is 1.54. The molecule has 0 bridgehead atoms. The van der Waals surface area contributed by atoms with Crippen molar-refractivity contribution in [1.29, 1.82) is 0 Å². The molecular formula is C40H33NO10. The van der Waals surface area contributed by atoms with Crippen LogP contribution in [0.5, 0.6) is 5.88 Å². The van der Waals surface area contributed by atoms with Gasteiger partial charge in [0.25, 0.3) is 0 Å². The summed E-state index contributed by atoms with van der Waals surface area (Å²) in [5.41, 5.74) is 0.809. The fourth-order valence-electron chi connectivity index (χ4n) is 5.41. The number of pyridine rings is 1. The van der Waals surface area contributed by atoms with Gasteiger partial charge in [-0.1, -0.05) is 78.9 Å². The summed E-state index contributed by atoms with van der Waals surface area (Å²) >= 11 is 0. The second-order valence-corrected chi connectivity index (χ2v) is 11.4. The van der Waals surface area contributed by atoms with Crippen molar-refractivity contribution in [2.75, 3.05) is 0 Å². The van der Waals surface area contributed by atoms with E-state index in [0.29, 0.717) is 0 Å². The molecule has 1 aliphatic rings. The van der Waals surface area contributed by atoms with Gasteiger partial charge in [-0.15, -0.1) is 0 Å². The largest absolute Gasteiger partial charge is 0.456 e. The van der Waals surface area contributed by atoms with E-state index in [0.717, 1.165) is 0 Å². The van der Waals surface area contributed by atoms with Crippen molar-refractivity contribution in [3.05, 3.63) is 168 Å². The minimum Gasteiger partial charge on any atom is -0.456 e. The third kappa shape index (κ3) is 8.64. The first-order valence-electron chi connectivity index (χ1n) is 16.1. The summed E-state index contributed by atoms with van der Waals surface area (Å²) in [6.07, 6.45) is -7.05. The molecule has 0 spiro atoms. The Morgan fingerprint density at radius 2 is 0.941 bits per heavy atom. The minimum atomic E-state index is -1.55. The molecule has 51 heavy (non-hydrogen) atoms. The molecule has 0 radical (unpaired) electrons. The maximum atomic E-state index is 13.7. The Balaban J connectivity index is 1.43. The number of carbonyl (C=O) groups is 4. The fraction of sp³-hybridized carbons (Fsp3) is 0.175. The number of aromatic nitrogens is 1. The minimum absolute atomic E-state index is 0.0869. The molecule has 6 atom stereocenters. The number of carbonyl (C=O) groups excluding carboxylic acids is 4. The highest BCUT2D eigenvalue weighted by atomic mass is 16.7. The van der Waals surface area contributed by atoms with E-state index in [4.69, 9.17) is 28.4 Å². The van der Waals surface area contributed by atoms with E-state index in [1.54, 1.807) is 146 Å². The van der Waals surface area contributed by atoms with E-state index < -0.39 is 60.7 Å². The average Bonchev–Trinajstić information content (AvgIpc) is 3.18. The Hall–Kier alpha value is -6.33. The number of nitrogens with zero attached hydrogens (tertiary/aromatic N) is 1. The molecule has 0 saturated carbocycles. The highest BCUT2D eigenvalue weighted by Gasteiger charge is 2.56. The first-order chi connectivity index (χ1) is 24.9. The molecule has 11 nitrogen and oxygen atoms in total.